The van der Waals surface area contributed by atoms with Crippen molar-refractivity contribution < 1.29 is 29.3 Å². The van der Waals surface area contributed by atoms with Crippen LogP contribution in [0.2, 0.25) is 0 Å². The zero-order chi connectivity index (χ0) is 24.4. The minimum absolute atomic E-state index is 0.194. The molecule has 0 aromatic heterocycles. The summed E-state index contributed by atoms with van der Waals surface area (Å²) in [5.41, 5.74) is 3.20. The maximum absolute atomic E-state index is 13.0. The van der Waals surface area contributed by atoms with Gasteiger partial charge in [0.2, 0.25) is 0 Å². The summed E-state index contributed by atoms with van der Waals surface area (Å²) in [6, 6.07) is 19.2. The van der Waals surface area contributed by atoms with Crippen molar-refractivity contribution in [3.8, 4) is 11.1 Å². The van der Waals surface area contributed by atoms with Crippen LogP contribution in [-0.4, -0.2) is 39.8 Å². The molecule has 0 fully saturated rings. The predicted molar refractivity (Wildman–Crippen MR) is 119 cm³/mol. The average molecular weight is 463 g/mol. The molecule has 0 spiro atoms. The van der Waals surface area contributed by atoms with Gasteiger partial charge in [-0.1, -0.05) is 48.5 Å². The lowest BCUT2D eigenvalue weighted by atomic mass is 9.98. The highest BCUT2D eigenvalue weighted by atomic mass is 16.6. The number of anilines is 1. The summed E-state index contributed by atoms with van der Waals surface area (Å²) in [7, 11) is 0. The number of aliphatic carboxylic acids is 1. The number of carbonyl (C=O) groups excluding carboxylic acids is 1. The average Bonchev–Trinajstić information content (AvgIpc) is 3.14. The maximum atomic E-state index is 13.0. The smallest absolute Gasteiger partial charge is 0.420 e. The van der Waals surface area contributed by atoms with Crippen molar-refractivity contribution in [3.63, 3.8) is 0 Å². The summed E-state index contributed by atoms with van der Waals surface area (Å²) < 4.78 is 5.40. The van der Waals surface area contributed by atoms with E-state index in [2.05, 4.69) is 0 Å². The normalized spacial score (nSPS) is 12.8. The number of hydrogen-bond acceptors (Lipinski definition) is 7. The number of nitro benzene ring substituents is 1. The molecule has 11 heteroatoms. The van der Waals surface area contributed by atoms with Crippen LogP contribution in [0, 0.1) is 20.2 Å². The van der Waals surface area contributed by atoms with Crippen LogP contribution in [0.15, 0.2) is 72.8 Å². The molecule has 1 atom stereocenters. The summed E-state index contributed by atoms with van der Waals surface area (Å²) in [4.78, 5) is 45.5. The topological polar surface area (TPSA) is 153 Å². The molecule has 1 aliphatic carbocycles. The SMILES string of the molecule is O=C(O)[C@@H](N(C(=O)OCC1c2ccccc2-c2ccccc21)c1ccc([N+](=O)[O-])cc1)[N+](=O)[O-]. The van der Waals surface area contributed by atoms with Crippen LogP contribution in [0.1, 0.15) is 17.0 Å². The number of nitrogens with zero attached hydrogens (tertiary/aromatic N) is 3. The van der Waals surface area contributed by atoms with Crippen LogP contribution in [0.4, 0.5) is 16.2 Å². The molecule has 0 heterocycles. The molecule has 1 amide bonds. The van der Waals surface area contributed by atoms with E-state index in [1.54, 1.807) is 0 Å². The Morgan fingerprint density at radius 1 is 0.912 bits per heavy atom. The Morgan fingerprint density at radius 2 is 1.44 bits per heavy atom. The van der Waals surface area contributed by atoms with Gasteiger partial charge in [0.15, 0.2) is 0 Å². The van der Waals surface area contributed by atoms with E-state index in [4.69, 9.17) is 4.74 Å². The fourth-order valence-corrected chi connectivity index (χ4v) is 4.04. The number of amides is 1. The summed E-state index contributed by atoms with van der Waals surface area (Å²) in [5, 5.41) is 31.8. The molecule has 34 heavy (non-hydrogen) atoms. The van der Waals surface area contributed by atoms with E-state index in [9.17, 15) is 34.9 Å². The molecular weight excluding hydrogens is 446 g/mol. The highest BCUT2D eigenvalue weighted by Crippen LogP contribution is 2.44. The van der Waals surface area contributed by atoms with Crippen LogP contribution in [0.5, 0.6) is 0 Å². The largest absolute Gasteiger partial charge is 0.475 e. The van der Waals surface area contributed by atoms with Crippen molar-refractivity contribution >= 4 is 23.4 Å². The molecule has 0 aliphatic heterocycles. The molecule has 0 bridgehead atoms. The zero-order valence-corrected chi connectivity index (χ0v) is 17.4. The molecule has 172 valence electrons. The predicted octanol–water partition coefficient (Wildman–Crippen LogP) is 4.04. The third kappa shape index (κ3) is 4.01. The molecule has 0 saturated heterocycles. The fraction of sp³-hybridized carbons (Fsp3) is 0.130. The van der Waals surface area contributed by atoms with Crippen LogP contribution in [-0.2, 0) is 9.53 Å². The number of carboxylic acid groups (broad SMARTS) is 1. The first kappa shape index (κ1) is 22.4. The first-order valence-electron chi connectivity index (χ1n) is 10.0. The van der Waals surface area contributed by atoms with E-state index in [0.717, 1.165) is 46.5 Å². The highest BCUT2D eigenvalue weighted by molar-refractivity contribution is 5.94. The lowest BCUT2D eigenvalue weighted by Crippen LogP contribution is -2.50. The number of rotatable bonds is 7. The second-order valence-electron chi connectivity index (χ2n) is 7.44. The summed E-state index contributed by atoms with van der Waals surface area (Å²) >= 11 is 0. The highest BCUT2D eigenvalue weighted by Gasteiger charge is 2.42. The minimum atomic E-state index is -2.49. The standard InChI is InChI=1S/C23H17N3O8/c27-22(28)21(26(32)33)24(14-9-11-15(12-10-14)25(30)31)23(29)34-13-20-18-7-3-1-5-16(18)17-6-2-4-8-19(17)20/h1-12,20-21H,13H2,(H,27,28)/t21-/m0/s1. The number of nitro groups is 2. The first-order valence-corrected chi connectivity index (χ1v) is 10.0. The van der Waals surface area contributed by atoms with Gasteiger partial charge in [0.1, 0.15) is 6.61 Å². The lowest BCUT2D eigenvalue weighted by molar-refractivity contribution is -0.507. The monoisotopic (exact) mass is 463 g/mol. The second-order valence-corrected chi connectivity index (χ2v) is 7.44. The Bertz CT molecular complexity index is 1230. The summed E-state index contributed by atoms with van der Waals surface area (Å²) in [6.07, 6.45) is -3.75. The Hall–Kier alpha value is -4.80. The van der Waals surface area contributed by atoms with Crippen molar-refractivity contribution in [1.82, 2.24) is 0 Å². The molecular formula is C23H17N3O8. The van der Waals surface area contributed by atoms with Crippen molar-refractivity contribution in [1.29, 1.82) is 0 Å². The summed E-state index contributed by atoms with van der Waals surface area (Å²) in [5.74, 6) is -2.24. The molecule has 0 radical (unpaired) electrons. The van der Waals surface area contributed by atoms with Crippen LogP contribution >= 0.6 is 0 Å². The molecule has 1 aliphatic rings. The molecule has 1 N–H and O–H groups in total. The Kier molecular flexibility index (Phi) is 5.92. The number of carboxylic acids is 1. The van der Waals surface area contributed by atoms with Gasteiger partial charge in [-0.25, -0.2) is 14.5 Å². The van der Waals surface area contributed by atoms with Crippen LogP contribution in [0.3, 0.4) is 0 Å². The Morgan fingerprint density at radius 3 is 1.91 bits per heavy atom. The first-order chi connectivity index (χ1) is 16.3. The molecule has 0 saturated carbocycles. The van der Waals surface area contributed by atoms with Gasteiger partial charge in [-0.15, -0.1) is 0 Å². The number of ether oxygens (including phenoxy) is 1. The summed E-state index contributed by atoms with van der Waals surface area (Å²) in [6.45, 7) is -0.194. The molecule has 3 aromatic rings. The van der Waals surface area contributed by atoms with Gasteiger partial charge in [-0.2, -0.15) is 0 Å². The van der Waals surface area contributed by atoms with E-state index < -0.39 is 28.1 Å². The number of fused-ring (bicyclic) bond motifs is 3. The molecule has 4 rings (SSSR count). The molecule has 0 unspecified atom stereocenters. The molecule has 11 nitrogen and oxygen atoms in total. The number of non-ortho nitro benzene ring substituents is 1. The Labute approximate surface area is 192 Å². The van der Waals surface area contributed by atoms with Gasteiger partial charge in [0.25, 0.3) is 5.69 Å². The van der Waals surface area contributed by atoms with E-state index in [1.807, 2.05) is 48.5 Å². The van der Waals surface area contributed by atoms with Crippen molar-refractivity contribution in [2.45, 2.75) is 12.1 Å². The van der Waals surface area contributed by atoms with Crippen molar-refractivity contribution in [3.05, 3.63) is 104 Å². The zero-order valence-electron chi connectivity index (χ0n) is 17.4. The van der Waals surface area contributed by atoms with Gasteiger partial charge in [0, 0.05) is 18.1 Å². The number of carbonyl (C=O) groups is 2. The van der Waals surface area contributed by atoms with Crippen molar-refractivity contribution in [2.24, 2.45) is 0 Å². The van der Waals surface area contributed by atoms with Gasteiger partial charge >= 0.3 is 18.2 Å². The fourth-order valence-electron chi connectivity index (χ4n) is 4.04. The minimum Gasteiger partial charge on any atom is -0.475 e. The van der Waals surface area contributed by atoms with Crippen molar-refractivity contribution in [2.75, 3.05) is 11.5 Å². The van der Waals surface area contributed by atoms with Gasteiger partial charge in [-0.05, 0) is 34.4 Å². The quantitative estimate of drug-likeness (QED) is 0.313. The van der Waals surface area contributed by atoms with Crippen LogP contribution < -0.4 is 4.90 Å². The van der Waals surface area contributed by atoms with Crippen LogP contribution in [0.25, 0.3) is 11.1 Å². The van der Waals surface area contributed by atoms with Gasteiger partial charge < -0.3 is 9.84 Å². The Balaban J connectivity index is 1.64. The molecule has 3 aromatic carbocycles. The third-order valence-corrected chi connectivity index (χ3v) is 5.54. The van der Waals surface area contributed by atoms with Gasteiger partial charge in [-0.3, -0.25) is 20.2 Å². The van der Waals surface area contributed by atoms with E-state index in [1.165, 1.54) is 0 Å². The second kappa shape index (κ2) is 8.98. The van der Waals surface area contributed by atoms with E-state index >= 15 is 0 Å². The van der Waals surface area contributed by atoms with Gasteiger partial charge in [0.05, 0.1) is 15.5 Å². The lowest BCUT2D eigenvalue weighted by Gasteiger charge is -2.24. The number of benzene rings is 3. The van der Waals surface area contributed by atoms with E-state index in [-0.39, 0.29) is 23.9 Å². The van der Waals surface area contributed by atoms with E-state index in [0.29, 0.717) is 4.90 Å². The third-order valence-electron chi connectivity index (χ3n) is 5.54. The number of hydrogen-bond donors (Lipinski definition) is 1. The maximum Gasteiger partial charge on any atom is 0.420 e.